The number of nitrogens with zero attached hydrogens (tertiary/aromatic N) is 2. The summed E-state index contributed by atoms with van der Waals surface area (Å²) in [5.74, 6) is 0.463. The zero-order valence-electron chi connectivity index (χ0n) is 12.5. The Morgan fingerprint density at radius 2 is 1.96 bits per heavy atom. The Kier molecular flexibility index (Phi) is 4.71. The smallest absolute Gasteiger partial charge is 0.266 e. The molecule has 0 aliphatic carbocycles. The molecular weight excluding hydrogens is 332 g/mol. The van der Waals surface area contributed by atoms with E-state index in [2.05, 4.69) is 4.98 Å². The van der Waals surface area contributed by atoms with Gasteiger partial charge in [0, 0.05) is 10.8 Å². The van der Waals surface area contributed by atoms with Gasteiger partial charge in [-0.1, -0.05) is 41.1 Å². The summed E-state index contributed by atoms with van der Waals surface area (Å²) in [7, 11) is 0. The lowest BCUT2D eigenvalue weighted by atomic mass is 10.2. The fourth-order valence-electron chi connectivity index (χ4n) is 2.29. The van der Waals surface area contributed by atoms with Gasteiger partial charge in [-0.3, -0.25) is 9.36 Å². The van der Waals surface area contributed by atoms with Gasteiger partial charge in [-0.25, -0.2) is 4.98 Å². The first-order valence-electron chi connectivity index (χ1n) is 7.13. The number of halogens is 1. The number of hydrogen-bond acceptors (Lipinski definition) is 4. The van der Waals surface area contributed by atoms with E-state index in [1.165, 1.54) is 11.8 Å². The Morgan fingerprint density at radius 3 is 2.65 bits per heavy atom. The number of aliphatic hydroxyl groups excluding tert-OH is 1. The van der Waals surface area contributed by atoms with Gasteiger partial charge >= 0.3 is 0 Å². The second-order valence-electron chi connectivity index (χ2n) is 5.10. The Bertz CT molecular complexity index is 907. The highest BCUT2D eigenvalue weighted by atomic mass is 35.5. The minimum atomic E-state index is -0.143. The lowest BCUT2D eigenvalue weighted by Crippen LogP contribution is -2.22. The summed E-state index contributed by atoms with van der Waals surface area (Å²) in [4.78, 5) is 17.5. The van der Waals surface area contributed by atoms with Gasteiger partial charge in [0.15, 0.2) is 5.16 Å². The average Bonchev–Trinajstić information content (AvgIpc) is 2.54. The van der Waals surface area contributed by atoms with Crippen LogP contribution in [0, 0.1) is 6.92 Å². The van der Waals surface area contributed by atoms with Crippen molar-refractivity contribution < 1.29 is 5.11 Å². The zero-order valence-corrected chi connectivity index (χ0v) is 14.1. The van der Waals surface area contributed by atoms with Crippen LogP contribution >= 0.6 is 23.4 Å². The van der Waals surface area contributed by atoms with Gasteiger partial charge in [-0.05, 0) is 37.3 Å². The van der Waals surface area contributed by atoms with Crippen molar-refractivity contribution in [2.75, 3.05) is 12.4 Å². The van der Waals surface area contributed by atoms with E-state index in [0.717, 1.165) is 11.3 Å². The van der Waals surface area contributed by atoms with Crippen molar-refractivity contribution in [1.29, 1.82) is 0 Å². The molecule has 1 aromatic heterocycles. The minimum Gasteiger partial charge on any atom is -0.396 e. The molecule has 118 valence electrons. The zero-order chi connectivity index (χ0) is 16.4. The normalized spacial score (nSPS) is 11.1. The number of thioether (sulfide) groups is 1. The molecule has 0 atom stereocenters. The number of aryl methyl sites for hydroxylation is 1. The van der Waals surface area contributed by atoms with E-state index in [4.69, 9.17) is 16.7 Å². The van der Waals surface area contributed by atoms with Crippen LogP contribution in [-0.2, 0) is 0 Å². The molecule has 0 aliphatic rings. The fourth-order valence-corrected chi connectivity index (χ4v) is 3.21. The molecule has 1 N–H and O–H groups in total. The highest BCUT2D eigenvalue weighted by Crippen LogP contribution is 2.23. The average molecular weight is 347 g/mol. The maximum atomic E-state index is 12.9. The van der Waals surface area contributed by atoms with Crippen molar-refractivity contribution >= 4 is 34.3 Å². The Balaban J connectivity index is 2.28. The van der Waals surface area contributed by atoms with E-state index in [-0.39, 0.29) is 12.2 Å². The van der Waals surface area contributed by atoms with Crippen LogP contribution in [0.5, 0.6) is 0 Å². The Hall–Kier alpha value is -1.82. The Labute approximate surface area is 142 Å². The van der Waals surface area contributed by atoms with Gasteiger partial charge in [-0.2, -0.15) is 0 Å². The lowest BCUT2D eigenvalue weighted by Gasteiger charge is -2.13. The molecule has 3 rings (SSSR count). The summed E-state index contributed by atoms with van der Waals surface area (Å²) in [6.07, 6.45) is 0. The molecule has 2 aromatic carbocycles. The predicted molar refractivity (Wildman–Crippen MR) is 94.9 cm³/mol. The third kappa shape index (κ3) is 3.27. The number of benzene rings is 2. The van der Waals surface area contributed by atoms with Crippen LogP contribution < -0.4 is 5.56 Å². The van der Waals surface area contributed by atoms with E-state index in [1.807, 2.05) is 31.2 Å². The molecule has 0 saturated heterocycles. The second kappa shape index (κ2) is 6.74. The van der Waals surface area contributed by atoms with Crippen molar-refractivity contribution in [3.05, 3.63) is 63.4 Å². The summed E-state index contributed by atoms with van der Waals surface area (Å²) in [5, 5.41) is 10.7. The first-order valence-corrected chi connectivity index (χ1v) is 8.49. The molecule has 0 unspecified atom stereocenters. The molecule has 0 bridgehead atoms. The third-order valence-corrected chi connectivity index (χ3v) is 4.57. The molecule has 0 spiro atoms. The van der Waals surface area contributed by atoms with Crippen LogP contribution in [0.1, 0.15) is 5.56 Å². The minimum absolute atomic E-state index is 0.0159. The second-order valence-corrected chi connectivity index (χ2v) is 6.60. The van der Waals surface area contributed by atoms with Crippen LogP contribution in [-0.4, -0.2) is 27.0 Å². The van der Waals surface area contributed by atoms with Gasteiger partial charge < -0.3 is 5.11 Å². The first-order chi connectivity index (χ1) is 11.1. The van der Waals surface area contributed by atoms with Crippen LogP contribution in [0.25, 0.3) is 16.6 Å². The van der Waals surface area contributed by atoms with E-state index in [0.29, 0.717) is 26.8 Å². The first kappa shape index (κ1) is 16.1. The van der Waals surface area contributed by atoms with Gasteiger partial charge in [0.2, 0.25) is 0 Å². The van der Waals surface area contributed by atoms with Crippen molar-refractivity contribution in [1.82, 2.24) is 9.55 Å². The largest absolute Gasteiger partial charge is 0.396 e. The molecule has 1 heterocycles. The summed E-state index contributed by atoms with van der Waals surface area (Å²) in [6.45, 7) is 2.01. The van der Waals surface area contributed by atoms with E-state index in [1.54, 1.807) is 22.8 Å². The number of rotatable bonds is 4. The molecule has 0 saturated carbocycles. The molecule has 0 radical (unpaired) electrons. The maximum Gasteiger partial charge on any atom is 0.266 e. The number of fused-ring (bicyclic) bond motifs is 1. The Morgan fingerprint density at radius 1 is 1.22 bits per heavy atom. The predicted octanol–water partition coefficient (Wildman–Crippen LogP) is 3.43. The monoisotopic (exact) mass is 346 g/mol. The van der Waals surface area contributed by atoms with E-state index in [9.17, 15) is 4.79 Å². The SMILES string of the molecule is Cc1ccc(-n2c(SCCO)nc3cc(Cl)ccc3c2=O)cc1. The summed E-state index contributed by atoms with van der Waals surface area (Å²) < 4.78 is 1.58. The van der Waals surface area contributed by atoms with Crippen LogP contribution in [0.15, 0.2) is 52.4 Å². The maximum absolute atomic E-state index is 12.9. The quantitative estimate of drug-likeness (QED) is 0.581. The highest BCUT2D eigenvalue weighted by molar-refractivity contribution is 7.99. The van der Waals surface area contributed by atoms with Crippen molar-refractivity contribution in [2.24, 2.45) is 0 Å². The highest BCUT2D eigenvalue weighted by Gasteiger charge is 2.13. The van der Waals surface area contributed by atoms with Crippen molar-refractivity contribution in [3.63, 3.8) is 0 Å². The summed E-state index contributed by atoms with van der Waals surface area (Å²) in [6, 6.07) is 12.8. The number of aliphatic hydroxyl groups is 1. The summed E-state index contributed by atoms with van der Waals surface area (Å²) >= 11 is 7.35. The van der Waals surface area contributed by atoms with Gasteiger partial charge in [0.25, 0.3) is 5.56 Å². The molecule has 6 heteroatoms. The van der Waals surface area contributed by atoms with Crippen LogP contribution in [0.4, 0.5) is 0 Å². The molecule has 0 aliphatic heterocycles. The molecule has 4 nitrogen and oxygen atoms in total. The lowest BCUT2D eigenvalue weighted by molar-refractivity contribution is 0.322. The van der Waals surface area contributed by atoms with E-state index >= 15 is 0 Å². The number of aromatic nitrogens is 2. The third-order valence-electron chi connectivity index (χ3n) is 3.42. The summed E-state index contributed by atoms with van der Waals surface area (Å²) in [5.41, 5.74) is 2.29. The van der Waals surface area contributed by atoms with Gasteiger partial charge in [0.1, 0.15) is 0 Å². The fraction of sp³-hybridized carbons (Fsp3) is 0.176. The molecular formula is C17H15ClN2O2S. The van der Waals surface area contributed by atoms with Crippen LogP contribution in [0.2, 0.25) is 5.02 Å². The molecule has 0 fully saturated rings. The molecule has 0 amide bonds. The standard InChI is InChI=1S/C17H15ClN2O2S/c1-11-2-5-13(6-3-11)20-16(22)14-7-4-12(18)10-15(14)19-17(20)23-9-8-21/h2-7,10,21H,8-9H2,1H3. The number of hydrogen-bond donors (Lipinski definition) is 1. The molecule has 3 aromatic rings. The van der Waals surface area contributed by atoms with Crippen molar-refractivity contribution in [3.8, 4) is 5.69 Å². The molecule has 23 heavy (non-hydrogen) atoms. The van der Waals surface area contributed by atoms with Gasteiger partial charge in [-0.15, -0.1) is 0 Å². The van der Waals surface area contributed by atoms with Crippen LogP contribution in [0.3, 0.4) is 0 Å². The van der Waals surface area contributed by atoms with Gasteiger partial charge in [0.05, 0.1) is 23.2 Å². The van der Waals surface area contributed by atoms with Crippen molar-refractivity contribution in [2.45, 2.75) is 12.1 Å². The van der Waals surface area contributed by atoms with E-state index < -0.39 is 0 Å². The topological polar surface area (TPSA) is 55.1 Å².